The third kappa shape index (κ3) is 4.02. The maximum Gasteiger partial charge on any atom is 0.276 e. The van der Waals surface area contributed by atoms with Gasteiger partial charge < -0.3 is 10.1 Å². The van der Waals surface area contributed by atoms with Gasteiger partial charge in [0, 0.05) is 11.8 Å². The highest BCUT2D eigenvalue weighted by Gasteiger charge is 2.09. The van der Waals surface area contributed by atoms with Gasteiger partial charge in [-0.25, -0.2) is 4.98 Å². The molecule has 0 spiro atoms. The topological polar surface area (TPSA) is 77.0 Å². The molecule has 3 rings (SSSR count). The van der Waals surface area contributed by atoms with Crippen molar-refractivity contribution in [2.45, 2.75) is 0 Å². The van der Waals surface area contributed by atoms with E-state index in [-0.39, 0.29) is 17.5 Å². The van der Waals surface area contributed by atoms with Crippen LogP contribution >= 0.6 is 11.6 Å². The Hall–Kier alpha value is -2.99. The lowest BCUT2D eigenvalue weighted by Gasteiger charge is -2.05. The third-order valence-electron chi connectivity index (χ3n) is 2.83. The molecule has 0 atom stereocenters. The quantitative estimate of drug-likeness (QED) is 0.742. The van der Waals surface area contributed by atoms with Crippen molar-refractivity contribution in [1.82, 2.24) is 15.2 Å². The summed E-state index contributed by atoms with van der Waals surface area (Å²) in [6.45, 7) is 0. The number of ether oxygens (including phenoxy) is 1. The van der Waals surface area contributed by atoms with Crippen molar-refractivity contribution < 1.29 is 9.53 Å². The molecule has 114 valence electrons. The Bertz CT molecular complexity index is 793. The van der Waals surface area contributed by atoms with Crippen LogP contribution in [0, 0.1) is 0 Å². The van der Waals surface area contributed by atoms with E-state index in [2.05, 4.69) is 20.5 Å². The first kappa shape index (κ1) is 14.9. The average Bonchev–Trinajstić information content (AvgIpc) is 2.58. The van der Waals surface area contributed by atoms with E-state index in [1.165, 1.54) is 12.3 Å². The summed E-state index contributed by atoms with van der Waals surface area (Å²) in [5.41, 5.74) is 0.877. The van der Waals surface area contributed by atoms with Gasteiger partial charge in [0.15, 0.2) is 5.69 Å². The Labute approximate surface area is 137 Å². The maximum absolute atomic E-state index is 12.0. The molecule has 1 amide bonds. The molecule has 0 aliphatic rings. The number of carbonyl (C=O) groups is 1. The van der Waals surface area contributed by atoms with Crippen LogP contribution in [0.25, 0.3) is 0 Å². The average molecular weight is 327 g/mol. The monoisotopic (exact) mass is 326 g/mol. The Morgan fingerprint density at radius 3 is 2.48 bits per heavy atom. The number of benzene rings is 1. The standard InChI is InChI=1S/C16H11ClN4O2/c17-14-8-6-12(10-18-14)23-15-9-7-13(20-21-15)16(22)19-11-4-2-1-3-5-11/h1-10H,(H,19,22). The first-order chi connectivity index (χ1) is 11.2. The minimum atomic E-state index is -0.344. The zero-order valence-electron chi connectivity index (χ0n) is 11.8. The fourth-order valence-corrected chi connectivity index (χ4v) is 1.87. The van der Waals surface area contributed by atoms with Crippen LogP contribution in [0.1, 0.15) is 10.5 Å². The lowest BCUT2D eigenvalue weighted by Crippen LogP contribution is -2.14. The molecule has 6 nitrogen and oxygen atoms in total. The van der Waals surface area contributed by atoms with Gasteiger partial charge in [-0.15, -0.1) is 10.2 Å². The predicted octanol–water partition coefficient (Wildman–Crippen LogP) is 3.57. The van der Waals surface area contributed by atoms with Crippen LogP contribution in [0.15, 0.2) is 60.8 Å². The molecule has 2 aromatic heterocycles. The second kappa shape index (κ2) is 6.85. The SMILES string of the molecule is O=C(Nc1ccccc1)c1ccc(Oc2ccc(Cl)nc2)nn1. The highest BCUT2D eigenvalue weighted by atomic mass is 35.5. The number of nitrogens with one attached hydrogen (secondary N) is 1. The molecule has 0 fully saturated rings. The number of nitrogens with zero attached hydrogens (tertiary/aromatic N) is 3. The minimum Gasteiger partial charge on any atom is -0.436 e. The van der Waals surface area contributed by atoms with Gasteiger partial charge >= 0.3 is 0 Å². The molecular weight excluding hydrogens is 316 g/mol. The van der Waals surface area contributed by atoms with E-state index in [4.69, 9.17) is 16.3 Å². The van der Waals surface area contributed by atoms with Gasteiger partial charge in [0.2, 0.25) is 5.88 Å². The summed E-state index contributed by atoms with van der Waals surface area (Å²) >= 11 is 5.70. The fourth-order valence-electron chi connectivity index (χ4n) is 1.76. The molecular formula is C16H11ClN4O2. The number of anilines is 1. The lowest BCUT2D eigenvalue weighted by atomic mass is 10.3. The summed E-state index contributed by atoms with van der Waals surface area (Å²) in [5.74, 6) is 0.388. The van der Waals surface area contributed by atoms with Gasteiger partial charge in [-0.3, -0.25) is 4.79 Å². The van der Waals surface area contributed by atoms with Crippen LogP contribution in [0.3, 0.4) is 0 Å². The summed E-state index contributed by atoms with van der Waals surface area (Å²) < 4.78 is 5.46. The first-order valence-corrected chi connectivity index (χ1v) is 7.08. The van der Waals surface area contributed by atoms with Crippen molar-refractivity contribution in [3.8, 4) is 11.6 Å². The minimum absolute atomic E-state index is 0.190. The van der Waals surface area contributed by atoms with E-state index in [9.17, 15) is 4.79 Å². The lowest BCUT2D eigenvalue weighted by molar-refractivity contribution is 0.102. The third-order valence-corrected chi connectivity index (χ3v) is 3.05. The molecule has 0 saturated carbocycles. The van der Waals surface area contributed by atoms with Crippen LogP contribution < -0.4 is 10.1 Å². The van der Waals surface area contributed by atoms with E-state index in [1.54, 1.807) is 30.3 Å². The number of aromatic nitrogens is 3. The van der Waals surface area contributed by atoms with E-state index < -0.39 is 0 Å². The summed E-state index contributed by atoms with van der Waals surface area (Å²) in [5, 5.41) is 10.8. The van der Waals surface area contributed by atoms with Gasteiger partial charge in [0.25, 0.3) is 5.91 Å². The summed E-state index contributed by atoms with van der Waals surface area (Å²) in [4.78, 5) is 15.9. The summed E-state index contributed by atoms with van der Waals surface area (Å²) in [6, 6.07) is 15.5. The number of para-hydroxylation sites is 1. The van der Waals surface area contributed by atoms with Crippen LogP contribution in [-0.2, 0) is 0 Å². The zero-order valence-corrected chi connectivity index (χ0v) is 12.6. The van der Waals surface area contributed by atoms with Crippen molar-refractivity contribution >= 4 is 23.2 Å². The summed E-state index contributed by atoms with van der Waals surface area (Å²) in [7, 11) is 0. The molecule has 0 radical (unpaired) electrons. The van der Waals surface area contributed by atoms with Gasteiger partial charge in [-0.1, -0.05) is 29.8 Å². The smallest absolute Gasteiger partial charge is 0.276 e. The zero-order chi connectivity index (χ0) is 16.1. The molecule has 2 heterocycles. The van der Waals surface area contributed by atoms with Crippen molar-refractivity contribution in [2.75, 3.05) is 5.32 Å². The number of carbonyl (C=O) groups excluding carboxylic acids is 1. The van der Waals surface area contributed by atoms with Crippen LogP contribution in [0.4, 0.5) is 5.69 Å². The van der Waals surface area contributed by atoms with Gasteiger partial charge in [-0.2, -0.15) is 0 Å². The highest BCUT2D eigenvalue weighted by molar-refractivity contribution is 6.29. The van der Waals surface area contributed by atoms with Crippen molar-refractivity contribution in [3.05, 3.63) is 71.6 Å². The van der Waals surface area contributed by atoms with E-state index in [1.807, 2.05) is 18.2 Å². The number of halogens is 1. The molecule has 23 heavy (non-hydrogen) atoms. The van der Waals surface area contributed by atoms with E-state index in [0.29, 0.717) is 16.6 Å². The Morgan fingerprint density at radius 1 is 1.00 bits per heavy atom. The van der Waals surface area contributed by atoms with Crippen LogP contribution in [-0.4, -0.2) is 21.1 Å². The molecule has 1 N–H and O–H groups in total. The molecule has 0 bridgehead atoms. The van der Waals surface area contributed by atoms with Crippen LogP contribution in [0.5, 0.6) is 11.6 Å². The number of rotatable bonds is 4. The highest BCUT2D eigenvalue weighted by Crippen LogP contribution is 2.19. The molecule has 0 unspecified atom stereocenters. The fraction of sp³-hybridized carbons (Fsp3) is 0. The second-order valence-electron chi connectivity index (χ2n) is 4.50. The second-order valence-corrected chi connectivity index (χ2v) is 4.88. The van der Waals surface area contributed by atoms with Gasteiger partial charge in [-0.05, 0) is 30.3 Å². The van der Waals surface area contributed by atoms with Crippen molar-refractivity contribution in [1.29, 1.82) is 0 Å². The maximum atomic E-state index is 12.0. The number of hydrogen-bond donors (Lipinski definition) is 1. The molecule has 1 aromatic carbocycles. The first-order valence-electron chi connectivity index (χ1n) is 6.70. The van der Waals surface area contributed by atoms with E-state index >= 15 is 0 Å². The number of hydrogen-bond acceptors (Lipinski definition) is 5. The number of pyridine rings is 1. The largest absolute Gasteiger partial charge is 0.436 e. The molecule has 0 aliphatic carbocycles. The predicted molar refractivity (Wildman–Crippen MR) is 85.7 cm³/mol. The van der Waals surface area contributed by atoms with Crippen LogP contribution in [0.2, 0.25) is 5.15 Å². The Balaban J connectivity index is 1.66. The molecule has 0 saturated heterocycles. The van der Waals surface area contributed by atoms with Crippen molar-refractivity contribution in [3.63, 3.8) is 0 Å². The van der Waals surface area contributed by atoms with E-state index in [0.717, 1.165) is 0 Å². The Kier molecular flexibility index (Phi) is 4.44. The normalized spacial score (nSPS) is 10.1. The van der Waals surface area contributed by atoms with Gasteiger partial charge in [0.05, 0.1) is 6.20 Å². The Morgan fingerprint density at radius 2 is 1.83 bits per heavy atom. The number of amides is 1. The molecule has 3 aromatic rings. The summed E-state index contributed by atoms with van der Waals surface area (Å²) in [6.07, 6.45) is 1.47. The van der Waals surface area contributed by atoms with Crippen molar-refractivity contribution in [2.24, 2.45) is 0 Å². The molecule has 7 heteroatoms. The van der Waals surface area contributed by atoms with Gasteiger partial charge in [0.1, 0.15) is 10.9 Å². The molecule has 0 aliphatic heterocycles.